The second-order valence-electron chi connectivity index (χ2n) is 22.8. The van der Waals surface area contributed by atoms with E-state index in [2.05, 4.69) is 63.1 Å². The summed E-state index contributed by atoms with van der Waals surface area (Å²) in [7, 11) is -1.54. The first-order valence-electron chi connectivity index (χ1n) is 30.0. The number of primary amides is 1. The number of imidazole rings is 1. The molecule has 11 atom stereocenters. The van der Waals surface area contributed by atoms with Gasteiger partial charge in [-0.05, 0) is 68.1 Å². The summed E-state index contributed by atoms with van der Waals surface area (Å²) >= 11 is 0. The van der Waals surface area contributed by atoms with Crippen molar-refractivity contribution in [1.82, 2.24) is 68.0 Å². The Bertz CT molecular complexity index is 3020. The molecule has 0 spiro atoms. The van der Waals surface area contributed by atoms with E-state index in [-0.39, 0.29) is 69.4 Å². The van der Waals surface area contributed by atoms with Crippen molar-refractivity contribution in [3.05, 3.63) is 48.0 Å². The van der Waals surface area contributed by atoms with Crippen molar-refractivity contribution in [2.24, 2.45) is 17.6 Å². The number of ketones is 1. The van der Waals surface area contributed by atoms with Crippen LogP contribution in [0.3, 0.4) is 0 Å². The number of phenolic OH excluding ortho intramolecular Hbond substituents is 1. The van der Waals surface area contributed by atoms with E-state index in [1.807, 2.05) is 0 Å². The van der Waals surface area contributed by atoms with E-state index < -0.39 is 204 Å². The quantitative estimate of drug-likeness (QED) is 0.0278. The molecule has 2 aromatic rings. The van der Waals surface area contributed by atoms with Gasteiger partial charge < -0.3 is 89.2 Å². The molecule has 1 aliphatic heterocycles. The number of carboxylic acids is 2. The summed E-state index contributed by atoms with van der Waals surface area (Å²) in [5.74, 6) is -17.0. The molecule has 0 bridgehead atoms. The number of hydrogen-bond acceptors (Lipinski definition) is 19. The fourth-order valence-electron chi connectivity index (χ4n) is 9.57. The first kappa shape index (κ1) is 77.8. The Hall–Kier alpha value is -9.41. The molecule has 1 fully saturated rings. The van der Waals surface area contributed by atoms with Crippen LogP contribution in [0.25, 0.3) is 0 Å². The SMILES string of the molecule is CCC[C@H](NC(=O)[C@@H]1CCCN1C(=O)[C@@H](NC(=O)[C@@H](NC(=O)[C@H](CCC(=O)O)NC(=O)[C@H](CCC(=O)O)NC(C)=O)C(C)C)C(C)C)C(=O)C(=O)NCC(=O)N[C@@H](CCS(C)=O)C(=O)N[C@@H](Cc1cnc[nH]1)C(=O)N[C@@H](Cc1ccc(O)cc1)C(=O)N[C@@H](CO)C(N)=O. The Morgan fingerprint density at radius 1 is 0.656 bits per heavy atom. The Balaban J connectivity index is 1.76. The average Bonchev–Trinajstić information content (AvgIpc) is 1.80. The number of benzene rings is 1. The van der Waals surface area contributed by atoms with Gasteiger partial charge in [0.1, 0.15) is 60.1 Å². The molecule has 0 aliphatic carbocycles. The van der Waals surface area contributed by atoms with Gasteiger partial charge in [-0.25, -0.2) is 4.98 Å². The van der Waals surface area contributed by atoms with Crippen molar-refractivity contribution >= 4 is 99.4 Å². The molecule has 34 nitrogen and oxygen atoms in total. The maximum absolute atomic E-state index is 14.4. The lowest BCUT2D eigenvalue weighted by Crippen LogP contribution is -2.61. The van der Waals surface area contributed by atoms with Crippen LogP contribution in [0.5, 0.6) is 5.75 Å². The Labute approximate surface area is 537 Å². The van der Waals surface area contributed by atoms with Crippen LogP contribution in [0.1, 0.15) is 111 Å². The fourth-order valence-corrected chi connectivity index (χ4v) is 10.1. The molecule has 12 amide bonds. The number of aliphatic carboxylic acids is 2. The van der Waals surface area contributed by atoms with Gasteiger partial charge in [0.15, 0.2) is 0 Å². The zero-order valence-corrected chi connectivity index (χ0v) is 53.5. The lowest BCUT2D eigenvalue weighted by molar-refractivity contribution is -0.144. The highest BCUT2D eigenvalue weighted by molar-refractivity contribution is 7.84. The number of nitrogens with two attached hydrogens (primary N) is 1. The van der Waals surface area contributed by atoms with Crippen LogP contribution in [-0.2, 0) is 95.6 Å². The highest BCUT2D eigenvalue weighted by Crippen LogP contribution is 2.22. The van der Waals surface area contributed by atoms with Gasteiger partial charge in [0, 0.05) is 73.9 Å². The number of carbonyl (C=O) groups is 15. The maximum atomic E-state index is 14.4. The lowest BCUT2D eigenvalue weighted by Gasteiger charge is -2.33. The summed E-state index contributed by atoms with van der Waals surface area (Å²) in [5.41, 5.74) is 6.04. The maximum Gasteiger partial charge on any atom is 0.303 e. The topological polar surface area (TPSA) is 532 Å². The largest absolute Gasteiger partial charge is 0.508 e. The number of aromatic amines is 1. The molecule has 0 radical (unpaired) electrons. The Morgan fingerprint density at radius 2 is 1.17 bits per heavy atom. The van der Waals surface area contributed by atoms with Gasteiger partial charge in [-0.1, -0.05) is 53.2 Å². The summed E-state index contributed by atoms with van der Waals surface area (Å²) in [6.45, 7) is 7.22. The summed E-state index contributed by atoms with van der Waals surface area (Å²) in [6, 6.07) is -9.06. The number of phenols is 1. The monoisotopic (exact) mass is 1330 g/mol. The predicted molar refractivity (Wildman–Crippen MR) is 328 cm³/mol. The minimum Gasteiger partial charge on any atom is -0.508 e. The van der Waals surface area contributed by atoms with Crippen molar-refractivity contribution in [2.75, 3.05) is 31.7 Å². The molecule has 514 valence electrons. The number of aromatic nitrogens is 2. The highest BCUT2D eigenvalue weighted by atomic mass is 32.2. The fraction of sp³-hybridized carbons (Fsp3) is 0.586. The molecule has 1 unspecified atom stereocenters. The van der Waals surface area contributed by atoms with Crippen LogP contribution >= 0.6 is 0 Å². The molecular weight excluding hydrogens is 1240 g/mol. The number of nitrogens with one attached hydrogen (secondary N) is 11. The lowest BCUT2D eigenvalue weighted by atomic mass is 9.98. The number of nitrogens with zero attached hydrogens (tertiary/aromatic N) is 2. The number of aliphatic hydroxyl groups is 1. The first-order chi connectivity index (χ1) is 43.8. The predicted octanol–water partition coefficient (Wildman–Crippen LogP) is -4.95. The smallest absolute Gasteiger partial charge is 0.303 e. The Kier molecular flexibility index (Phi) is 32.2. The molecule has 35 heteroatoms. The normalized spacial score (nSPS) is 16.0. The number of hydrogen-bond donors (Lipinski definition) is 16. The minimum absolute atomic E-state index is 0.0119. The van der Waals surface area contributed by atoms with E-state index in [4.69, 9.17) is 10.8 Å². The van der Waals surface area contributed by atoms with Crippen LogP contribution in [-0.4, -0.2) is 220 Å². The van der Waals surface area contributed by atoms with Gasteiger partial charge in [-0.3, -0.25) is 76.1 Å². The third-order valence-electron chi connectivity index (χ3n) is 14.6. The van der Waals surface area contributed by atoms with Crippen LogP contribution in [0.15, 0.2) is 36.8 Å². The zero-order chi connectivity index (χ0) is 69.8. The number of H-pyrrole nitrogens is 1. The number of likely N-dealkylation sites (tertiary alicyclic amines) is 1. The van der Waals surface area contributed by atoms with Gasteiger partial charge in [0.2, 0.25) is 70.8 Å². The number of amides is 12. The van der Waals surface area contributed by atoms with Crippen LogP contribution in [0.4, 0.5) is 0 Å². The first-order valence-corrected chi connectivity index (χ1v) is 31.7. The van der Waals surface area contributed by atoms with Gasteiger partial charge in [-0.15, -0.1) is 0 Å². The molecule has 1 aliphatic rings. The number of carboxylic acid groups (broad SMARTS) is 2. The number of Topliss-reactive ketones (excluding diaryl/α,β-unsaturated/α-hetero) is 1. The molecule has 1 saturated heterocycles. The van der Waals surface area contributed by atoms with Crippen molar-refractivity contribution in [3.8, 4) is 5.75 Å². The molecule has 0 saturated carbocycles. The minimum atomic E-state index is -1.60. The molecule has 3 rings (SSSR count). The molecule has 1 aromatic carbocycles. The molecular formula is C58H86N14O20S. The van der Waals surface area contributed by atoms with E-state index in [1.165, 1.54) is 47.9 Å². The highest BCUT2D eigenvalue weighted by Gasteiger charge is 2.42. The third kappa shape index (κ3) is 26.4. The van der Waals surface area contributed by atoms with Crippen molar-refractivity contribution in [2.45, 2.75) is 173 Å². The molecule has 2 heterocycles. The number of aromatic hydroxyl groups is 1. The summed E-state index contributed by atoms with van der Waals surface area (Å²) in [6.07, 6.45) is 1.60. The van der Waals surface area contributed by atoms with Crippen molar-refractivity contribution in [3.63, 3.8) is 0 Å². The van der Waals surface area contributed by atoms with E-state index in [1.54, 1.807) is 34.6 Å². The van der Waals surface area contributed by atoms with Gasteiger partial charge in [0.05, 0.1) is 25.5 Å². The van der Waals surface area contributed by atoms with Gasteiger partial charge in [-0.2, -0.15) is 0 Å². The second-order valence-corrected chi connectivity index (χ2v) is 24.4. The van der Waals surface area contributed by atoms with Crippen LogP contribution in [0.2, 0.25) is 0 Å². The number of carbonyl (C=O) groups excluding carboxylic acids is 13. The number of rotatable bonds is 40. The third-order valence-corrected chi connectivity index (χ3v) is 15.4. The van der Waals surface area contributed by atoms with Crippen molar-refractivity contribution < 1.29 is 96.6 Å². The molecule has 93 heavy (non-hydrogen) atoms. The summed E-state index contributed by atoms with van der Waals surface area (Å²) in [5, 5.41) is 62.2. The number of aliphatic hydroxyl groups excluding tert-OH is 1. The van der Waals surface area contributed by atoms with E-state index in [9.17, 15) is 91.4 Å². The Morgan fingerprint density at radius 3 is 1.68 bits per heavy atom. The van der Waals surface area contributed by atoms with Crippen LogP contribution in [0, 0.1) is 11.8 Å². The summed E-state index contributed by atoms with van der Waals surface area (Å²) < 4.78 is 12.3. The molecule has 17 N–H and O–H groups in total. The molecule has 1 aromatic heterocycles. The van der Waals surface area contributed by atoms with Gasteiger partial charge in [0.25, 0.3) is 5.91 Å². The van der Waals surface area contributed by atoms with E-state index in [0.29, 0.717) is 11.3 Å². The van der Waals surface area contributed by atoms with Crippen molar-refractivity contribution in [1.29, 1.82) is 0 Å². The van der Waals surface area contributed by atoms with E-state index in [0.717, 1.165) is 6.92 Å². The summed E-state index contributed by atoms with van der Waals surface area (Å²) in [4.78, 5) is 206. The van der Waals surface area contributed by atoms with E-state index >= 15 is 0 Å². The van der Waals surface area contributed by atoms with Gasteiger partial charge >= 0.3 is 11.9 Å². The second kappa shape index (κ2) is 38.4. The standard InChI is InChI=1S/C58H86N14O20S/c1-8-10-35(65-55(88)42-11-9-21-72(42)58(91)47(30(4)5)71-56(89)46(29(2)3)70-52(85)37(17-19-45(79)80)66-50(83)36(63-31(6)74)16-18-44(77)78)48(81)57(90)61-26-43(76)64-38(20-22-93(7)92)51(84)68-40(24-33-25-60-28-62-33)54(87)67-39(23-32-12-14-34(75)15-13-32)53(86)69-41(27-73)49(59)82/h12-15,25,28-30,35-42,46-47,73,75H,8-11,16-24,26-27H2,1-7H3,(H2,59,82)(H,60,62)(H,61,90)(H,63,74)(H,64,76)(H,65,88)(H,66,83)(H,67,87)(H,68,84)(H,69,86)(H,70,85)(H,71,89)(H,77,78)(H,79,80)/t35-,36-,37-,38-,39-,40-,41-,42-,46-,47-,93?/m0/s1. The zero-order valence-electron chi connectivity index (χ0n) is 52.7. The van der Waals surface area contributed by atoms with Crippen LogP contribution < -0.4 is 58.9 Å². The average molecular weight is 1330 g/mol.